The number of carbonyl (C=O) groups excluding carboxylic acids is 6. The van der Waals surface area contributed by atoms with Crippen LogP contribution in [0.4, 0.5) is 0 Å². The lowest BCUT2D eigenvalue weighted by molar-refractivity contribution is -0.347. The van der Waals surface area contributed by atoms with E-state index in [2.05, 4.69) is 31.9 Å². The monoisotopic (exact) mass is 1510 g/mol. The molecule has 4 rings (SSSR count). The summed E-state index contributed by atoms with van der Waals surface area (Å²) in [4.78, 5) is 89.3. The molecule has 6 amide bonds. The van der Waals surface area contributed by atoms with Gasteiger partial charge in [0.15, 0.2) is 18.9 Å². The molecule has 0 aromatic carbocycles. The standard InChI is InChI=1S/C64H114N6O30S2/c1-7-11-13-36(60(87)69-18-23-101-5)26-37(61(88)70-19-24-102-6)25-35(10-4)59(86)68-17-16-67-44(72)32-92-57-42(27-89-20-9-3)100-63(56(85)54(57)83)95-29-40-49(78)52(81)55(84)62(98-40)94-30-41-50(79)53(82)58(64(99-41)96-28-39-48(77)51(80)47(76)38(97-39)12-8-2)93-33-45(73)66-15-14-65-43(71)31-90-21-22-91-34-46(74)75/h35-42,47-58,62-64,76-85H,7-34H2,1-6H3,(H,65,71)(H,66,73)(H,67,72)(H,68,86)(H,69,87)(H,70,88)(H,74,75). The Kier molecular flexibility index (Phi) is 44.3. The number of ether oxygens (including phenoxy) is 12. The SMILES string of the molecule is CCCCC(CC(CC(CC)C(=O)NCCNC(=O)COC1C(COCCC)OC(OCC2OC(OCC3OC(OCC4OC(CCC)C(O)C(O)C4O)C(OCC(=O)NCCNC(=O)COCCOCC(=O)O)C(O)C3O)C(O)C(O)C2O)C(O)C1O)C(=O)NCCSC)C(=O)NCCSC. The first kappa shape index (κ1) is 90.5. The molecule has 0 aromatic heterocycles. The zero-order chi connectivity index (χ0) is 75.3. The highest BCUT2D eigenvalue weighted by molar-refractivity contribution is 7.98. The van der Waals surface area contributed by atoms with Crippen LogP contribution in [0.5, 0.6) is 0 Å². The Labute approximate surface area is 602 Å². The average Bonchev–Trinajstić information content (AvgIpc) is 0.806. The van der Waals surface area contributed by atoms with E-state index in [1.54, 1.807) is 30.4 Å². The smallest absolute Gasteiger partial charge is 0.329 e. The third-order valence-corrected chi connectivity index (χ3v) is 18.5. The average molecular weight is 1510 g/mol. The molecule has 592 valence electrons. The van der Waals surface area contributed by atoms with Crippen molar-refractivity contribution in [2.45, 2.75) is 208 Å². The Morgan fingerprint density at radius 1 is 0.392 bits per heavy atom. The molecule has 4 fully saturated rings. The van der Waals surface area contributed by atoms with E-state index >= 15 is 0 Å². The molecule has 0 aromatic rings. The summed E-state index contributed by atoms with van der Waals surface area (Å²) in [5, 5.41) is 136. The number of thioether (sulfide) groups is 2. The van der Waals surface area contributed by atoms with Gasteiger partial charge in [-0.05, 0) is 51.0 Å². The highest BCUT2D eigenvalue weighted by Crippen LogP contribution is 2.32. The van der Waals surface area contributed by atoms with Crippen molar-refractivity contribution < 1.29 is 147 Å². The molecule has 0 radical (unpaired) electrons. The first-order valence-corrected chi connectivity index (χ1v) is 37.7. The minimum absolute atomic E-state index is 0.00282. The number of aliphatic carboxylic acids is 1. The number of amides is 6. The molecular formula is C64H114N6O30S2. The molecule has 0 saturated carbocycles. The lowest BCUT2D eigenvalue weighted by Gasteiger charge is -2.45. The lowest BCUT2D eigenvalue weighted by atomic mass is 9.82. The van der Waals surface area contributed by atoms with Crippen molar-refractivity contribution in [1.82, 2.24) is 31.9 Å². The highest BCUT2D eigenvalue weighted by atomic mass is 32.2. The number of aliphatic hydroxyl groups excluding tert-OH is 10. The largest absolute Gasteiger partial charge is 0.480 e. The fourth-order valence-electron chi connectivity index (χ4n) is 11.5. The third-order valence-electron chi connectivity index (χ3n) is 17.3. The van der Waals surface area contributed by atoms with E-state index in [0.29, 0.717) is 44.5 Å². The van der Waals surface area contributed by atoms with Crippen LogP contribution in [0, 0.1) is 17.8 Å². The number of carboxylic acids is 1. The van der Waals surface area contributed by atoms with Crippen molar-refractivity contribution in [2.75, 3.05) is 136 Å². The van der Waals surface area contributed by atoms with Crippen LogP contribution in [0.2, 0.25) is 0 Å². The molecule has 4 aliphatic heterocycles. The molecule has 0 aliphatic carbocycles. The van der Waals surface area contributed by atoms with Gasteiger partial charge in [0.2, 0.25) is 35.4 Å². The quantitative estimate of drug-likeness (QED) is 0.0253. The van der Waals surface area contributed by atoms with Crippen molar-refractivity contribution in [1.29, 1.82) is 0 Å². The van der Waals surface area contributed by atoms with Crippen LogP contribution in [0.25, 0.3) is 0 Å². The number of carbonyl (C=O) groups is 7. The molecule has 17 N–H and O–H groups in total. The maximum atomic E-state index is 13.6. The number of aliphatic hydroxyl groups is 10. The van der Waals surface area contributed by atoms with Gasteiger partial charge in [0, 0.05) is 75.1 Å². The van der Waals surface area contributed by atoms with Crippen molar-refractivity contribution in [2.24, 2.45) is 17.8 Å². The molecule has 4 saturated heterocycles. The van der Waals surface area contributed by atoms with Gasteiger partial charge in [-0.3, -0.25) is 28.8 Å². The van der Waals surface area contributed by atoms with Gasteiger partial charge < -0.3 is 145 Å². The lowest BCUT2D eigenvalue weighted by Crippen LogP contribution is -2.63. The fourth-order valence-corrected chi connectivity index (χ4v) is 12.1. The number of rotatable bonds is 51. The highest BCUT2D eigenvalue weighted by Gasteiger charge is 2.52. The molecule has 23 unspecified atom stereocenters. The summed E-state index contributed by atoms with van der Waals surface area (Å²) in [6.07, 6.45) is -24.7. The zero-order valence-electron chi connectivity index (χ0n) is 59.1. The van der Waals surface area contributed by atoms with Gasteiger partial charge in [-0.1, -0.05) is 47.0 Å². The second-order valence-corrected chi connectivity index (χ2v) is 27.2. The summed E-state index contributed by atoms with van der Waals surface area (Å²) in [5.41, 5.74) is 0. The van der Waals surface area contributed by atoms with Crippen molar-refractivity contribution in [3.8, 4) is 0 Å². The van der Waals surface area contributed by atoms with Crippen LogP contribution in [-0.2, 0) is 90.4 Å². The minimum Gasteiger partial charge on any atom is -0.480 e. The van der Waals surface area contributed by atoms with E-state index in [1.165, 1.54) is 0 Å². The van der Waals surface area contributed by atoms with E-state index < -0.39 is 204 Å². The van der Waals surface area contributed by atoms with E-state index in [1.807, 2.05) is 33.3 Å². The van der Waals surface area contributed by atoms with Gasteiger partial charge in [0.25, 0.3) is 0 Å². The summed E-state index contributed by atoms with van der Waals surface area (Å²) >= 11 is 3.19. The number of carboxylic acid groups (broad SMARTS) is 1. The number of hydrogen-bond donors (Lipinski definition) is 17. The van der Waals surface area contributed by atoms with Gasteiger partial charge in [0.1, 0.15) is 124 Å². The van der Waals surface area contributed by atoms with Crippen molar-refractivity contribution in [3.63, 3.8) is 0 Å². The van der Waals surface area contributed by atoms with E-state index in [4.69, 9.17) is 61.9 Å². The number of hydrogen-bond acceptors (Lipinski definition) is 31. The Morgan fingerprint density at radius 2 is 0.824 bits per heavy atom. The first-order valence-electron chi connectivity index (χ1n) is 34.9. The maximum absolute atomic E-state index is 13.6. The van der Waals surface area contributed by atoms with Crippen LogP contribution in [0.15, 0.2) is 0 Å². The third kappa shape index (κ3) is 30.8. The zero-order valence-corrected chi connectivity index (χ0v) is 60.7. The van der Waals surface area contributed by atoms with Crippen molar-refractivity contribution >= 4 is 64.9 Å². The van der Waals surface area contributed by atoms with Gasteiger partial charge >= 0.3 is 5.97 Å². The number of nitrogens with one attached hydrogen (secondary N) is 6. The van der Waals surface area contributed by atoms with Crippen LogP contribution in [-0.4, -0.2) is 356 Å². The second-order valence-electron chi connectivity index (χ2n) is 25.2. The summed E-state index contributed by atoms with van der Waals surface area (Å²) in [5.74, 6) is -4.01. The Morgan fingerprint density at radius 3 is 1.36 bits per heavy atom. The van der Waals surface area contributed by atoms with Crippen LogP contribution in [0.3, 0.4) is 0 Å². The molecule has 4 aliphatic rings. The van der Waals surface area contributed by atoms with Crippen molar-refractivity contribution in [3.05, 3.63) is 0 Å². The molecule has 0 spiro atoms. The van der Waals surface area contributed by atoms with E-state index in [-0.39, 0.29) is 96.2 Å². The molecular weight excluding hydrogens is 1400 g/mol. The Bertz CT molecular complexity index is 2430. The van der Waals surface area contributed by atoms with Crippen LogP contribution < -0.4 is 31.9 Å². The topological polar surface area (TPSA) is 525 Å². The Hall–Kier alpha value is -3.89. The first-order chi connectivity index (χ1) is 48.8. The minimum atomic E-state index is -1.99. The molecule has 102 heavy (non-hydrogen) atoms. The van der Waals surface area contributed by atoms with Gasteiger partial charge in [-0.15, -0.1) is 0 Å². The van der Waals surface area contributed by atoms with Gasteiger partial charge in [-0.25, -0.2) is 4.79 Å². The molecule has 0 bridgehead atoms. The number of unbranched alkanes of at least 4 members (excludes halogenated alkanes) is 1. The molecule has 36 nitrogen and oxygen atoms in total. The normalized spacial score (nSPS) is 30.5. The van der Waals surface area contributed by atoms with Gasteiger partial charge in [-0.2, -0.15) is 23.5 Å². The second kappa shape index (κ2) is 49.9. The van der Waals surface area contributed by atoms with E-state index in [9.17, 15) is 84.6 Å². The Balaban J connectivity index is 1.35. The fraction of sp³-hybridized carbons (Fsp3) is 0.891. The molecule has 38 heteroatoms. The molecule has 4 heterocycles. The molecule has 23 atom stereocenters. The van der Waals surface area contributed by atoms with Crippen LogP contribution in [0.1, 0.15) is 85.5 Å². The van der Waals surface area contributed by atoms with Gasteiger partial charge in [0.05, 0.1) is 45.7 Å². The van der Waals surface area contributed by atoms with Crippen LogP contribution >= 0.6 is 23.5 Å². The summed E-state index contributed by atoms with van der Waals surface area (Å²) < 4.78 is 68.5. The summed E-state index contributed by atoms with van der Waals surface area (Å²) in [6, 6.07) is 0. The summed E-state index contributed by atoms with van der Waals surface area (Å²) in [7, 11) is 0. The van der Waals surface area contributed by atoms with E-state index in [0.717, 1.165) is 18.6 Å². The predicted molar refractivity (Wildman–Crippen MR) is 362 cm³/mol. The summed E-state index contributed by atoms with van der Waals surface area (Å²) in [6.45, 7) is 3.69. The maximum Gasteiger partial charge on any atom is 0.329 e. The predicted octanol–water partition coefficient (Wildman–Crippen LogP) is -5.65.